The van der Waals surface area contributed by atoms with Crippen LogP contribution in [0.4, 0.5) is 4.39 Å². The fourth-order valence-electron chi connectivity index (χ4n) is 1.17. The molecule has 0 amide bonds. The second-order valence-electron chi connectivity index (χ2n) is 3.24. The van der Waals surface area contributed by atoms with Gasteiger partial charge in [-0.15, -0.1) is 0 Å². The number of alkyl halides is 1. The molecule has 0 N–H and O–H groups in total. The molecule has 0 aliphatic carbocycles. The van der Waals surface area contributed by atoms with Crippen LogP contribution in [0.15, 0.2) is 0 Å². The zero-order chi connectivity index (χ0) is 6.91. The third-order valence-electron chi connectivity index (χ3n) is 1.50. The van der Waals surface area contributed by atoms with Crippen LogP contribution in [0.3, 0.4) is 0 Å². The van der Waals surface area contributed by atoms with Gasteiger partial charge in [0.2, 0.25) is 0 Å². The van der Waals surface area contributed by atoms with E-state index in [1.807, 2.05) is 13.8 Å². The summed E-state index contributed by atoms with van der Waals surface area (Å²) >= 11 is 0. The molecular weight excluding hydrogens is 119 g/mol. The summed E-state index contributed by atoms with van der Waals surface area (Å²) in [5, 5.41) is 0. The van der Waals surface area contributed by atoms with E-state index in [1.54, 1.807) is 0 Å². The summed E-state index contributed by atoms with van der Waals surface area (Å²) in [4.78, 5) is 0. The Morgan fingerprint density at radius 2 is 2.11 bits per heavy atom. The molecular formula is C7H13FO. The van der Waals surface area contributed by atoms with Crippen LogP contribution in [0.1, 0.15) is 20.3 Å². The molecule has 0 saturated carbocycles. The molecule has 54 valence electrons. The Bertz CT molecular complexity index is 97.1. The molecule has 0 bridgehead atoms. The summed E-state index contributed by atoms with van der Waals surface area (Å²) in [5.41, 5.74) is -0.978. The lowest BCUT2D eigenvalue weighted by Crippen LogP contribution is -2.46. The average molecular weight is 132 g/mol. The first kappa shape index (κ1) is 7.00. The molecule has 0 radical (unpaired) electrons. The second-order valence-corrected chi connectivity index (χ2v) is 3.24. The van der Waals surface area contributed by atoms with Crippen LogP contribution in [0.2, 0.25) is 0 Å². The topological polar surface area (TPSA) is 9.23 Å². The van der Waals surface area contributed by atoms with Gasteiger partial charge in [0.25, 0.3) is 0 Å². The maximum absolute atomic E-state index is 13.0. The minimum absolute atomic E-state index is 0.311. The van der Waals surface area contributed by atoms with E-state index in [1.165, 1.54) is 0 Å². The Labute approximate surface area is 55.2 Å². The summed E-state index contributed by atoms with van der Waals surface area (Å²) < 4.78 is 17.8. The Hall–Kier alpha value is -0.110. The molecule has 9 heavy (non-hydrogen) atoms. The molecule has 1 rings (SSSR count). The highest BCUT2D eigenvalue weighted by Gasteiger charge is 2.38. The lowest BCUT2D eigenvalue weighted by Gasteiger charge is -2.34. The number of rotatable bonds is 2. The maximum Gasteiger partial charge on any atom is 0.157 e. The van der Waals surface area contributed by atoms with Crippen molar-refractivity contribution in [3.63, 3.8) is 0 Å². The molecule has 0 atom stereocenters. The van der Waals surface area contributed by atoms with Crippen LogP contribution in [-0.2, 0) is 4.74 Å². The summed E-state index contributed by atoms with van der Waals surface area (Å²) in [5.74, 6) is 0.443. The minimum atomic E-state index is -0.978. The summed E-state index contributed by atoms with van der Waals surface area (Å²) in [6.45, 7) is 4.68. The molecule has 0 aromatic carbocycles. The Kier molecular flexibility index (Phi) is 1.75. The second kappa shape index (κ2) is 2.25. The van der Waals surface area contributed by atoms with Gasteiger partial charge in [-0.25, -0.2) is 4.39 Å². The largest absolute Gasteiger partial charge is 0.375 e. The molecule has 1 heterocycles. The lowest BCUT2D eigenvalue weighted by atomic mass is 9.93. The summed E-state index contributed by atoms with van der Waals surface area (Å²) in [6, 6.07) is 0. The molecule has 1 aliphatic heterocycles. The zero-order valence-corrected chi connectivity index (χ0v) is 5.98. The highest BCUT2D eigenvalue weighted by Crippen LogP contribution is 2.28. The van der Waals surface area contributed by atoms with Gasteiger partial charge in [0, 0.05) is 0 Å². The van der Waals surface area contributed by atoms with E-state index in [2.05, 4.69) is 0 Å². The normalized spacial score (nSPS) is 24.0. The fourth-order valence-corrected chi connectivity index (χ4v) is 1.17. The van der Waals surface area contributed by atoms with Gasteiger partial charge in [-0.05, 0) is 12.3 Å². The molecule has 0 aromatic rings. The maximum atomic E-state index is 13.0. The molecule has 1 aliphatic rings. The zero-order valence-electron chi connectivity index (χ0n) is 5.98. The number of hydrogen-bond acceptors (Lipinski definition) is 1. The van der Waals surface area contributed by atoms with Crippen molar-refractivity contribution in [2.75, 3.05) is 13.2 Å². The van der Waals surface area contributed by atoms with Gasteiger partial charge < -0.3 is 4.74 Å². The third-order valence-corrected chi connectivity index (χ3v) is 1.50. The van der Waals surface area contributed by atoms with Gasteiger partial charge in [-0.2, -0.15) is 0 Å². The SMILES string of the molecule is CC(C)CC1(F)COC1. The van der Waals surface area contributed by atoms with E-state index in [4.69, 9.17) is 4.74 Å². The first-order valence-corrected chi connectivity index (χ1v) is 3.39. The van der Waals surface area contributed by atoms with Gasteiger partial charge in [-0.3, -0.25) is 0 Å². The van der Waals surface area contributed by atoms with E-state index in [0.29, 0.717) is 25.6 Å². The van der Waals surface area contributed by atoms with E-state index < -0.39 is 5.67 Å². The van der Waals surface area contributed by atoms with Crippen LogP contribution in [-0.4, -0.2) is 18.9 Å². The van der Waals surface area contributed by atoms with Crippen molar-refractivity contribution < 1.29 is 9.13 Å². The van der Waals surface area contributed by atoms with Crippen molar-refractivity contribution in [2.45, 2.75) is 25.9 Å². The third kappa shape index (κ3) is 1.65. The molecule has 0 aromatic heterocycles. The number of ether oxygens (including phenoxy) is 1. The molecule has 0 unspecified atom stereocenters. The van der Waals surface area contributed by atoms with Crippen LogP contribution >= 0.6 is 0 Å². The molecule has 1 saturated heterocycles. The van der Waals surface area contributed by atoms with Gasteiger partial charge >= 0.3 is 0 Å². The Balaban J connectivity index is 2.24. The molecule has 0 spiro atoms. The van der Waals surface area contributed by atoms with Crippen molar-refractivity contribution in [1.29, 1.82) is 0 Å². The van der Waals surface area contributed by atoms with E-state index >= 15 is 0 Å². The minimum Gasteiger partial charge on any atom is -0.375 e. The first-order chi connectivity index (χ1) is 4.12. The van der Waals surface area contributed by atoms with E-state index in [0.717, 1.165) is 0 Å². The predicted molar refractivity (Wildman–Crippen MR) is 34.1 cm³/mol. The lowest BCUT2D eigenvalue weighted by molar-refractivity contribution is -0.138. The van der Waals surface area contributed by atoms with Crippen LogP contribution in [0.5, 0.6) is 0 Å². The summed E-state index contributed by atoms with van der Waals surface area (Å²) in [7, 11) is 0. The monoisotopic (exact) mass is 132 g/mol. The molecule has 2 heteroatoms. The van der Waals surface area contributed by atoms with Crippen molar-refractivity contribution in [3.8, 4) is 0 Å². The predicted octanol–water partition coefficient (Wildman–Crippen LogP) is 1.77. The van der Waals surface area contributed by atoms with Crippen molar-refractivity contribution in [2.24, 2.45) is 5.92 Å². The standard InChI is InChI=1S/C7H13FO/c1-6(2)3-7(8)4-9-5-7/h6H,3-5H2,1-2H3. The quantitative estimate of drug-likeness (QED) is 0.556. The van der Waals surface area contributed by atoms with Crippen LogP contribution < -0.4 is 0 Å². The Morgan fingerprint density at radius 1 is 1.56 bits per heavy atom. The van der Waals surface area contributed by atoms with Crippen molar-refractivity contribution >= 4 is 0 Å². The first-order valence-electron chi connectivity index (χ1n) is 3.39. The smallest absolute Gasteiger partial charge is 0.157 e. The number of hydrogen-bond donors (Lipinski definition) is 0. The van der Waals surface area contributed by atoms with Crippen molar-refractivity contribution in [1.82, 2.24) is 0 Å². The van der Waals surface area contributed by atoms with Gasteiger partial charge in [0.15, 0.2) is 5.67 Å². The van der Waals surface area contributed by atoms with E-state index in [-0.39, 0.29) is 0 Å². The number of halogens is 1. The van der Waals surface area contributed by atoms with Gasteiger partial charge in [0.1, 0.15) is 0 Å². The Morgan fingerprint density at radius 3 is 2.22 bits per heavy atom. The average Bonchev–Trinajstić information content (AvgIpc) is 1.60. The van der Waals surface area contributed by atoms with E-state index in [9.17, 15) is 4.39 Å². The van der Waals surface area contributed by atoms with Gasteiger partial charge in [-0.1, -0.05) is 13.8 Å². The molecule has 1 nitrogen and oxygen atoms in total. The highest BCUT2D eigenvalue weighted by atomic mass is 19.1. The van der Waals surface area contributed by atoms with Crippen LogP contribution in [0, 0.1) is 5.92 Å². The molecule has 1 fully saturated rings. The fraction of sp³-hybridized carbons (Fsp3) is 1.00. The van der Waals surface area contributed by atoms with Crippen LogP contribution in [0.25, 0.3) is 0 Å². The summed E-state index contributed by atoms with van der Waals surface area (Å²) in [6.07, 6.45) is 0.646. The van der Waals surface area contributed by atoms with Gasteiger partial charge in [0.05, 0.1) is 13.2 Å². The highest BCUT2D eigenvalue weighted by molar-refractivity contribution is 4.86. The van der Waals surface area contributed by atoms with Crippen molar-refractivity contribution in [3.05, 3.63) is 0 Å².